The lowest BCUT2D eigenvalue weighted by atomic mass is 10.1. The molecule has 78 valence electrons. The van der Waals surface area contributed by atoms with E-state index in [1.54, 1.807) is 0 Å². The summed E-state index contributed by atoms with van der Waals surface area (Å²) in [6, 6.07) is 7.95. The van der Waals surface area contributed by atoms with E-state index in [9.17, 15) is 0 Å². The highest BCUT2D eigenvalue weighted by Crippen LogP contribution is 2.30. The molecule has 0 saturated carbocycles. The van der Waals surface area contributed by atoms with Gasteiger partial charge in [-0.2, -0.15) is 5.10 Å². The van der Waals surface area contributed by atoms with E-state index in [4.69, 9.17) is 11.6 Å². The van der Waals surface area contributed by atoms with Gasteiger partial charge in [-0.25, -0.2) is 0 Å². The Morgan fingerprint density at radius 1 is 1.27 bits per heavy atom. The number of nitrogens with zero attached hydrogens (tertiary/aromatic N) is 2. The van der Waals surface area contributed by atoms with Crippen molar-refractivity contribution >= 4 is 11.6 Å². The monoisotopic (exact) mass is 220 g/mol. The molecule has 0 N–H and O–H groups in total. The van der Waals surface area contributed by atoms with Gasteiger partial charge in [0.15, 0.2) is 0 Å². The molecule has 2 aromatic rings. The van der Waals surface area contributed by atoms with Gasteiger partial charge in [0.05, 0.1) is 10.7 Å². The standard InChI is InChI=1S/C12H13ClN2/c1-8-5-4-6-10(13)12(8)11-7-9(2)15(3)14-11/h4-7H,1-3H3. The maximum atomic E-state index is 6.18. The van der Waals surface area contributed by atoms with Crippen LogP contribution in [-0.4, -0.2) is 9.78 Å². The third-order valence-electron chi connectivity index (χ3n) is 2.59. The third-order valence-corrected chi connectivity index (χ3v) is 2.91. The molecule has 0 radical (unpaired) electrons. The van der Waals surface area contributed by atoms with Gasteiger partial charge in [-0.05, 0) is 31.5 Å². The second kappa shape index (κ2) is 3.70. The molecule has 0 atom stereocenters. The fraction of sp³-hybridized carbons (Fsp3) is 0.250. The molecule has 1 aromatic carbocycles. The van der Waals surface area contributed by atoms with Crippen LogP contribution in [0.15, 0.2) is 24.3 Å². The van der Waals surface area contributed by atoms with E-state index in [0.29, 0.717) is 0 Å². The lowest BCUT2D eigenvalue weighted by Gasteiger charge is -2.04. The Balaban J connectivity index is 2.63. The van der Waals surface area contributed by atoms with Crippen molar-refractivity contribution in [2.45, 2.75) is 13.8 Å². The van der Waals surface area contributed by atoms with Crippen molar-refractivity contribution < 1.29 is 0 Å². The fourth-order valence-electron chi connectivity index (χ4n) is 1.64. The summed E-state index contributed by atoms with van der Waals surface area (Å²) in [4.78, 5) is 0. The van der Waals surface area contributed by atoms with Crippen LogP contribution in [0.1, 0.15) is 11.3 Å². The number of aryl methyl sites for hydroxylation is 3. The van der Waals surface area contributed by atoms with Gasteiger partial charge in [-0.15, -0.1) is 0 Å². The number of rotatable bonds is 1. The molecule has 0 aliphatic heterocycles. The van der Waals surface area contributed by atoms with Crippen LogP contribution in [-0.2, 0) is 7.05 Å². The highest BCUT2D eigenvalue weighted by atomic mass is 35.5. The summed E-state index contributed by atoms with van der Waals surface area (Å²) in [5.74, 6) is 0. The fourth-order valence-corrected chi connectivity index (χ4v) is 1.96. The predicted octanol–water partition coefficient (Wildman–Crippen LogP) is 3.36. The van der Waals surface area contributed by atoms with Gasteiger partial charge in [0.1, 0.15) is 0 Å². The van der Waals surface area contributed by atoms with Crippen LogP contribution in [0, 0.1) is 13.8 Å². The Hall–Kier alpha value is -1.28. The molecule has 0 bridgehead atoms. The lowest BCUT2D eigenvalue weighted by Crippen LogP contribution is -1.93. The maximum absolute atomic E-state index is 6.18. The summed E-state index contributed by atoms with van der Waals surface area (Å²) >= 11 is 6.18. The molecule has 0 unspecified atom stereocenters. The molecule has 0 fully saturated rings. The Morgan fingerprint density at radius 3 is 2.53 bits per heavy atom. The predicted molar refractivity (Wildman–Crippen MR) is 63.1 cm³/mol. The molecule has 15 heavy (non-hydrogen) atoms. The highest BCUT2D eigenvalue weighted by molar-refractivity contribution is 6.33. The first-order valence-corrected chi connectivity index (χ1v) is 5.23. The van der Waals surface area contributed by atoms with Gasteiger partial charge < -0.3 is 0 Å². The molecular weight excluding hydrogens is 208 g/mol. The molecule has 1 heterocycles. The van der Waals surface area contributed by atoms with Crippen LogP contribution in [0.4, 0.5) is 0 Å². The van der Waals surface area contributed by atoms with Gasteiger partial charge in [-0.3, -0.25) is 4.68 Å². The van der Waals surface area contributed by atoms with Crippen LogP contribution >= 0.6 is 11.6 Å². The van der Waals surface area contributed by atoms with E-state index in [1.165, 1.54) is 0 Å². The smallest absolute Gasteiger partial charge is 0.0943 e. The zero-order valence-corrected chi connectivity index (χ0v) is 9.84. The minimum absolute atomic E-state index is 0.758. The van der Waals surface area contributed by atoms with Crippen LogP contribution in [0.2, 0.25) is 5.02 Å². The minimum atomic E-state index is 0.758. The van der Waals surface area contributed by atoms with Gasteiger partial charge in [0.25, 0.3) is 0 Å². The van der Waals surface area contributed by atoms with Crippen LogP contribution in [0.5, 0.6) is 0 Å². The maximum Gasteiger partial charge on any atom is 0.0943 e. The second-order valence-electron chi connectivity index (χ2n) is 3.73. The zero-order valence-electron chi connectivity index (χ0n) is 9.08. The van der Waals surface area contributed by atoms with Crippen molar-refractivity contribution in [2.24, 2.45) is 7.05 Å². The van der Waals surface area contributed by atoms with E-state index in [0.717, 1.165) is 27.5 Å². The zero-order chi connectivity index (χ0) is 11.0. The highest BCUT2D eigenvalue weighted by Gasteiger charge is 2.10. The molecule has 0 amide bonds. The van der Waals surface area contributed by atoms with Crippen molar-refractivity contribution in [3.8, 4) is 11.3 Å². The minimum Gasteiger partial charge on any atom is -0.272 e. The van der Waals surface area contributed by atoms with E-state index in [-0.39, 0.29) is 0 Å². The van der Waals surface area contributed by atoms with Gasteiger partial charge in [-0.1, -0.05) is 23.7 Å². The van der Waals surface area contributed by atoms with Crippen molar-refractivity contribution in [2.75, 3.05) is 0 Å². The van der Waals surface area contributed by atoms with E-state index >= 15 is 0 Å². The van der Waals surface area contributed by atoms with Crippen molar-refractivity contribution in [1.29, 1.82) is 0 Å². The summed E-state index contributed by atoms with van der Waals surface area (Å²) in [6.45, 7) is 4.08. The number of halogens is 1. The number of hydrogen-bond donors (Lipinski definition) is 0. The lowest BCUT2D eigenvalue weighted by molar-refractivity contribution is 0.742. The Labute approximate surface area is 94.5 Å². The molecule has 0 saturated heterocycles. The van der Waals surface area contributed by atoms with Gasteiger partial charge in [0.2, 0.25) is 0 Å². The van der Waals surface area contributed by atoms with Crippen molar-refractivity contribution in [1.82, 2.24) is 9.78 Å². The molecule has 0 aliphatic carbocycles. The first-order chi connectivity index (χ1) is 7.09. The normalized spacial score (nSPS) is 10.7. The SMILES string of the molecule is Cc1cccc(Cl)c1-c1cc(C)n(C)n1. The second-order valence-corrected chi connectivity index (χ2v) is 4.13. The van der Waals surface area contributed by atoms with E-state index < -0.39 is 0 Å². The summed E-state index contributed by atoms with van der Waals surface area (Å²) in [5.41, 5.74) is 4.26. The summed E-state index contributed by atoms with van der Waals surface area (Å²) in [6.07, 6.45) is 0. The Kier molecular flexibility index (Phi) is 2.53. The molecule has 0 spiro atoms. The van der Waals surface area contributed by atoms with Crippen molar-refractivity contribution in [3.05, 3.63) is 40.5 Å². The molecule has 0 aliphatic rings. The van der Waals surface area contributed by atoms with Crippen molar-refractivity contribution in [3.63, 3.8) is 0 Å². The average molecular weight is 221 g/mol. The summed E-state index contributed by atoms with van der Waals surface area (Å²) < 4.78 is 1.86. The van der Waals surface area contributed by atoms with Gasteiger partial charge in [0, 0.05) is 18.3 Å². The molecule has 3 heteroatoms. The first-order valence-electron chi connectivity index (χ1n) is 4.85. The molecule has 2 rings (SSSR count). The summed E-state index contributed by atoms with van der Waals surface area (Å²) in [7, 11) is 1.94. The van der Waals surface area contributed by atoms with E-state index in [2.05, 4.69) is 5.10 Å². The van der Waals surface area contributed by atoms with E-state index in [1.807, 2.05) is 49.8 Å². The number of benzene rings is 1. The summed E-state index contributed by atoms with van der Waals surface area (Å²) in [5, 5.41) is 5.19. The molecule has 1 aromatic heterocycles. The number of aromatic nitrogens is 2. The Morgan fingerprint density at radius 2 is 2.00 bits per heavy atom. The quantitative estimate of drug-likeness (QED) is 0.721. The largest absolute Gasteiger partial charge is 0.272 e. The number of hydrogen-bond acceptors (Lipinski definition) is 1. The van der Waals surface area contributed by atoms with Crippen LogP contribution in [0.3, 0.4) is 0 Å². The molecular formula is C12H13ClN2. The molecule has 2 nitrogen and oxygen atoms in total. The van der Waals surface area contributed by atoms with Crippen LogP contribution < -0.4 is 0 Å². The van der Waals surface area contributed by atoms with Crippen LogP contribution in [0.25, 0.3) is 11.3 Å². The van der Waals surface area contributed by atoms with Gasteiger partial charge >= 0.3 is 0 Å². The topological polar surface area (TPSA) is 17.8 Å². The first kappa shape index (κ1) is 10.2. The average Bonchev–Trinajstić information content (AvgIpc) is 2.46. The Bertz CT molecular complexity index is 461. The third kappa shape index (κ3) is 1.77.